The van der Waals surface area contributed by atoms with Crippen molar-refractivity contribution < 1.29 is 24.3 Å². The molecule has 0 aliphatic carbocycles. The van der Waals surface area contributed by atoms with E-state index in [-0.39, 0.29) is 18.3 Å². The highest BCUT2D eigenvalue weighted by Crippen LogP contribution is 2.10. The van der Waals surface area contributed by atoms with Gasteiger partial charge in [0.15, 0.2) is 0 Å². The largest absolute Gasteiger partial charge is 0.480 e. The van der Waals surface area contributed by atoms with Crippen molar-refractivity contribution in [1.82, 2.24) is 16.0 Å². The second kappa shape index (κ2) is 14.7. The van der Waals surface area contributed by atoms with Crippen LogP contribution in [0.4, 0.5) is 0 Å². The van der Waals surface area contributed by atoms with Crippen molar-refractivity contribution in [2.45, 2.75) is 90.9 Å². The van der Waals surface area contributed by atoms with E-state index >= 15 is 0 Å². The molecule has 3 amide bonds. The van der Waals surface area contributed by atoms with Gasteiger partial charge in [0.2, 0.25) is 17.7 Å². The van der Waals surface area contributed by atoms with E-state index in [1.54, 1.807) is 6.92 Å². The van der Waals surface area contributed by atoms with Crippen molar-refractivity contribution in [2.75, 3.05) is 6.54 Å². The lowest BCUT2D eigenvalue weighted by molar-refractivity contribution is -0.143. The summed E-state index contributed by atoms with van der Waals surface area (Å²) in [5.74, 6) is -2.70. The Morgan fingerprint density at radius 2 is 1.52 bits per heavy atom. The van der Waals surface area contributed by atoms with Crippen LogP contribution in [0.15, 0.2) is 0 Å². The number of hydrogen-bond acceptors (Lipinski definition) is 6. The van der Waals surface area contributed by atoms with Crippen molar-refractivity contribution in [3.63, 3.8) is 0 Å². The number of carboxylic acid groups (broad SMARTS) is 1. The summed E-state index contributed by atoms with van der Waals surface area (Å²) in [6.07, 6.45) is 2.54. The number of amides is 3. The van der Waals surface area contributed by atoms with Crippen molar-refractivity contribution >= 4 is 23.7 Å². The lowest BCUT2D eigenvalue weighted by Crippen LogP contribution is -2.58. The molecule has 0 heterocycles. The van der Waals surface area contributed by atoms with E-state index in [1.165, 1.54) is 6.92 Å². The molecular formula is C21H41N5O5. The van der Waals surface area contributed by atoms with Gasteiger partial charge in [0.1, 0.15) is 18.1 Å². The van der Waals surface area contributed by atoms with Gasteiger partial charge >= 0.3 is 5.97 Å². The number of hydrogen-bond donors (Lipinski definition) is 6. The number of rotatable bonds is 15. The van der Waals surface area contributed by atoms with Crippen molar-refractivity contribution in [3.05, 3.63) is 0 Å². The van der Waals surface area contributed by atoms with Gasteiger partial charge in [-0.25, -0.2) is 4.79 Å². The molecule has 0 rings (SSSR count). The summed E-state index contributed by atoms with van der Waals surface area (Å²) >= 11 is 0. The molecule has 0 radical (unpaired) electrons. The molecule has 0 spiro atoms. The third kappa shape index (κ3) is 11.1. The van der Waals surface area contributed by atoms with Gasteiger partial charge < -0.3 is 32.5 Å². The minimum atomic E-state index is -1.14. The molecule has 10 nitrogen and oxygen atoms in total. The summed E-state index contributed by atoms with van der Waals surface area (Å²) in [5, 5.41) is 17.1. The topological polar surface area (TPSA) is 177 Å². The Labute approximate surface area is 185 Å². The zero-order chi connectivity index (χ0) is 24.1. The highest BCUT2D eigenvalue weighted by atomic mass is 16.4. The quantitative estimate of drug-likeness (QED) is 0.194. The summed E-state index contributed by atoms with van der Waals surface area (Å²) in [4.78, 5) is 49.1. The van der Waals surface area contributed by atoms with E-state index < -0.39 is 47.9 Å². The fraction of sp³-hybridized carbons (Fsp3) is 0.810. The fourth-order valence-electron chi connectivity index (χ4n) is 2.99. The van der Waals surface area contributed by atoms with E-state index in [4.69, 9.17) is 11.5 Å². The van der Waals surface area contributed by atoms with Crippen LogP contribution in [0.25, 0.3) is 0 Å². The van der Waals surface area contributed by atoms with Gasteiger partial charge in [-0.3, -0.25) is 14.4 Å². The molecule has 0 aliphatic heterocycles. The fourth-order valence-corrected chi connectivity index (χ4v) is 2.99. The van der Waals surface area contributed by atoms with Crippen molar-refractivity contribution in [1.29, 1.82) is 0 Å². The maximum atomic E-state index is 12.8. The number of nitrogens with two attached hydrogens (primary N) is 2. The predicted octanol–water partition coefficient (Wildman–Crippen LogP) is 0.0938. The van der Waals surface area contributed by atoms with Gasteiger partial charge in [-0.05, 0) is 51.0 Å². The summed E-state index contributed by atoms with van der Waals surface area (Å²) < 4.78 is 0. The van der Waals surface area contributed by atoms with Crippen LogP contribution in [0, 0.1) is 11.8 Å². The van der Waals surface area contributed by atoms with Crippen LogP contribution in [0.3, 0.4) is 0 Å². The van der Waals surface area contributed by atoms with Gasteiger partial charge in [-0.2, -0.15) is 0 Å². The number of nitrogens with one attached hydrogen (secondary N) is 3. The van der Waals surface area contributed by atoms with Crippen molar-refractivity contribution in [3.8, 4) is 0 Å². The molecule has 0 aromatic rings. The smallest absolute Gasteiger partial charge is 0.326 e. The summed E-state index contributed by atoms with van der Waals surface area (Å²) in [6.45, 7) is 9.49. The highest BCUT2D eigenvalue weighted by Gasteiger charge is 2.31. The Hall–Kier alpha value is -2.20. The number of carbonyl (C=O) groups is 4. The molecule has 5 atom stereocenters. The third-order valence-electron chi connectivity index (χ3n) is 5.17. The maximum Gasteiger partial charge on any atom is 0.326 e. The zero-order valence-electron chi connectivity index (χ0n) is 19.4. The standard InChI is InChI=1S/C21H41N5O5/c1-6-13(4)17(20(29)25-16(21(30)31)9-7-8-10-22)26-18(27)14(5)24-19(28)15(23)11-12(2)3/h12-17H,6-11,22-23H2,1-5H3,(H,24,28)(H,25,29)(H,26,27)(H,30,31). The van der Waals surface area contributed by atoms with E-state index in [0.29, 0.717) is 32.2 Å². The summed E-state index contributed by atoms with van der Waals surface area (Å²) in [6, 6.07) is -3.62. The average molecular weight is 444 g/mol. The highest BCUT2D eigenvalue weighted by molar-refractivity contribution is 5.94. The predicted molar refractivity (Wildman–Crippen MR) is 119 cm³/mol. The zero-order valence-corrected chi connectivity index (χ0v) is 19.4. The first-order valence-corrected chi connectivity index (χ1v) is 11.0. The SMILES string of the molecule is CCC(C)C(NC(=O)C(C)NC(=O)C(N)CC(C)C)C(=O)NC(CCCCN)C(=O)O. The molecule has 0 aliphatic rings. The van der Waals surface area contributed by atoms with Gasteiger partial charge in [-0.1, -0.05) is 34.1 Å². The molecule has 0 fully saturated rings. The van der Waals surface area contributed by atoms with Crippen LogP contribution in [-0.4, -0.2) is 59.5 Å². The van der Waals surface area contributed by atoms with Crippen LogP contribution in [0.1, 0.15) is 66.7 Å². The number of carboxylic acids is 1. The minimum absolute atomic E-state index is 0.232. The molecule has 5 unspecified atom stereocenters. The Morgan fingerprint density at radius 1 is 0.903 bits per heavy atom. The Balaban J connectivity index is 5.10. The first kappa shape index (κ1) is 28.8. The maximum absolute atomic E-state index is 12.8. The lowest BCUT2D eigenvalue weighted by atomic mass is 9.97. The van der Waals surface area contributed by atoms with Crippen LogP contribution in [0.2, 0.25) is 0 Å². The first-order chi connectivity index (χ1) is 14.4. The third-order valence-corrected chi connectivity index (χ3v) is 5.17. The normalized spacial score (nSPS) is 16.0. The Bertz CT molecular complexity index is 599. The number of aliphatic carboxylic acids is 1. The van der Waals surface area contributed by atoms with E-state index in [1.807, 2.05) is 20.8 Å². The lowest BCUT2D eigenvalue weighted by Gasteiger charge is -2.27. The molecule has 31 heavy (non-hydrogen) atoms. The van der Waals surface area contributed by atoms with Gasteiger partial charge in [0.05, 0.1) is 6.04 Å². The second-order valence-corrected chi connectivity index (χ2v) is 8.52. The molecule has 0 bridgehead atoms. The summed E-state index contributed by atoms with van der Waals surface area (Å²) in [5.41, 5.74) is 11.3. The van der Waals surface area contributed by atoms with Crippen LogP contribution >= 0.6 is 0 Å². The molecule has 0 aromatic heterocycles. The molecule has 180 valence electrons. The molecule has 0 saturated carbocycles. The molecule has 8 N–H and O–H groups in total. The number of carbonyl (C=O) groups excluding carboxylic acids is 3. The average Bonchev–Trinajstić information content (AvgIpc) is 2.69. The van der Waals surface area contributed by atoms with Crippen LogP contribution in [0.5, 0.6) is 0 Å². The Kier molecular flexibility index (Phi) is 13.7. The van der Waals surface area contributed by atoms with Crippen LogP contribution in [-0.2, 0) is 19.2 Å². The van der Waals surface area contributed by atoms with E-state index in [0.717, 1.165) is 0 Å². The van der Waals surface area contributed by atoms with Gasteiger partial charge in [0, 0.05) is 0 Å². The van der Waals surface area contributed by atoms with E-state index in [2.05, 4.69) is 16.0 Å². The van der Waals surface area contributed by atoms with E-state index in [9.17, 15) is 24.3 Å². The molecule has 0 saturated heterocycles. The second-order valence-electron chi connectivity index (χ2n) is 8.52. The Morgan fingerprint density at radius 3 is 2.00 bits per heavy atom. The summed E-state index contributed by atoms with van der Waals surface area (Å²) in [7, 11) is 0. The first-order valence-electron chi connectivity index (χ1n) is 11.0. The van der Waals surface area contributed by atoms with Gasteiger partial charge in [-0.15, -0.1) is 0 Å². The molecule has 0 aromatic carbocycles. The van der Waals surface area contributed by atoms with Crippen molar-refractivity contribution in [2.24, 2.45) is 23.3 Å². The van der Waals surface area contributed by atoms with Crippen LogP contribution < -0.4 is 27.4 Å². The molecule has 10 heteroatoms. The monoisotopic (exact) mass is 443 g/mol. The minimum Gasteiger partial charge on any atom is -0.480 e. The van der Waals surface area contributed by atoms with Gasteiger partial charge in [0.25, 0.3) is 0 Å². The number of unbranched alkanes of at least 4 members (excludes halogenated alkanes) is 1. The molecular weight excluding hydrogens is 402 g/mol.